The molecule has 0 radical (unpaired) electrons. The zero-order valence-corrected chi connectivity index (χ0v) is 11.1. The van der Waals surface area contributed by atoms with Crippen molar-refractivity contribution < 1.29 is 14.4 Å². The Morgan fingerprint density at radius 1 is 1.38 bits per heavy atom. The van der Waals surface area contributed by atoms with Crippen LogP contribution in [-0.4, -0.2) is 22.0 Å². The number of benzene rings is 1. The highest BCUT2D eigenvalue weighted by atomic mass is 16.6. The second-order valence-corrected chi connectivity index (χ2v) is 3.92. The molecule has 0 amide bonds. The van der Waals surface area contributed by atoms with Crippen LogP contribution in [-0.2, 0) is 6.61 Å². The van der Waals surface area contributed by atoms with E-state index in [4.69, 9.17) is 15.3 Å². The monoisotopic (exact) mass is 291 g/mol. The average Bonchev–Trinajstić information content (AvgIpc) is 2.53. The molecule has 1 aromatic carbocycles. The van der Waals surface area contributed by atoms with Gasteiger partial charge < -0.3 is 14.9 Å². The summed E-state index contributed by atoms with van der Waals surface area (Å²) in [4.78, 5) is 18.5. The van der Waals surface area contributed by atoms with Gasteiger partial charge in [0, 0.05) is 0 Å². The van der Waals surface area contributed by atoms with Crippen LogP contribution < -0.4 is 20.7 Å². The van der Waals surface area contributed by atoms with Gasteiger partial charge in [0.2, 0.25) is 0 Å². The number of hydrogen-bond donors (Lipinski definition) is 2. The van der Waals surface area contributed by atoms with Crippen molar-refractivity contribution in [1.29, 1.82) is 0 Å². The van der Waals surface area contributed by atoms with Crippen LogP contribution in [0.15, 0.2) is 30.6 Å². The fourth-order valence-electron chi connectivity index (χ4n) is 1.54. The van der Waals surface area contributed by atoms with Crippen LogP contribution in [0.2, 0.25) is 0 Å². The number of nitrogens with one attached hydrogen (secondary N) is 1. The van der Waals surface area contributed by atoms with E-state index in [-0.39, 0.29) is 18.0 Å². The summed E-state index contributed by atoms with van der Waals surface area (Å²) in [5.74, 6) is 6.10. The van der Waals surface area contributed by atoms with E-state index in [9.17, 15) is 10.1 Å². The third-order valence-electron chi connectivity index (χ3n) is 2.59. The fourth-order valence-corrected chi connectivity index (χ4v) is 1.54. The lowest BCUT2D eigenvalue weighted by atomic mass is 10.3. The van der Waals surface area contributed by atoms with Gasteiger partial charge in [-0.15, -0.1) is 0 Å². The van der Waals surface area contributed by atoms with Gasteiger partial charge >= 0.3 is 5.69 Å². The number of rotatable bonds is 6. The second-order valence-electron chi connectivity index (χ2n) is 3.92. The lowest BCUT2D eigenvalue weighted by Crippen LogP contribution is -2.09. The molecule has 0 aliphatic heterocycles. The van der Waals surface area contributed by atoms with Crippen LogP contribution in [0, 0.1) is 10.1 Å². The van der Waals surface area contributed by atoms with Gasteiger partial charge in [-0.25, -0.2) is 10.8 Å². The van der Waals surface area contributed by atoms with Crippen molar-refractivity contribution in [1.82, 2.24) is 9.97 Å². The zero-order valence-electron chi connectivity index (χ0n) is 11.1. The van der Waals surface area contributed by atoms with Crippen LogP contribution in [0.4, 0.5) is 11.5 Å². The van der Waals surface area contributed by atoms with E-state index < -0.39 is 4.92 Å². The number of aromatic nitrogens is 2. The predicted octanol–water partition coefficient (Wildman–Crippen LogP) is 1.26. The van der Waals surface area contributed by atoms with Gasteiger partial charge in [-0.05, 0) is 12.1 Å². The first-order valence-electron chi connectivity index (χ1n) is 5.87. The molecule has 0 aliphatic carbocycles. The number of ether oxygens (including phenoxy) is 2. The molecule has 0 saturated carbocycles. The lowest BCUT2D eigenvalue weighted by molar-refractivity contribution is -0.386. The predicted molar refractivity (Wildman–Crippen MR) is 73.8 cm³/mol. The molecule has 9 heteroatoms. The molecule has 21 heavy (non-hydrogen) atoms. The van der Waals surface area contributed by atoms with E-state index >= 15 is 0 Å². The highest BCUT2D eigenvalue weighted by Gasteiger charge is 2.16. The maximum atomic E-state index is 11.0. The topological polar surface area (TPSA) is 125 Å². The zero-order chi connectivity index (χ0) is 15.2. The molecule has 0 bridgehead atoms. The number of hydrogen-bond acceptors (Lipinski definition) is 8. The molecule has 0 fully saturated rings. The van der Waals surface area contributed by atoms with Crippen LogP contribution in [0.5, 0.6) is 11.5 Å². The Labute approximate surface area is 119 Å². The molecule has 0 spiro atoms. The van der Waals surface area contributed by atoms with Gasteiger partial charge in [-0.3, -0.25) is 15.1 Å². The summed E-state index contributed by atoms with van der Waals surface area (Å²) in [6.45, 7) is 0.0466. The Morgan fingerprint density at radius 2 is 2.19 bits per heavy atom. The number of hydrazine groups is 1. The molecule has 9 nitrogen and oxygen atoms in total. The first kappa shape index (κ1) is 14.5. The minimum absolute atomic E-state index is 0.0466. The molecule has 110 valence electrons. The molecule has 0 atom stereocenters. The summed E-state index contributed by atoms with van der Waals surface area (Å²) in [5, 5.41) is 11.0. The number of anilines is 1. The van der Waals surface area contributed by atoms with Crippen molar-refractivity contribution in [3.8, 4) is 11.5 Å². The SMILES string of the molecule is COc1ccc(OCc2cnc(NN)cn2)c([N+](=O)[O-])c1. The molecular formula is C12H13N5O4. The van der Waals surface area contributed by atoms with Gasteiger partial charge in [0.05, 0.1) is 36.2 Å². The van der Waals surface area contributed by atoms with Crippen molar-refractivity contribution in [2.45, 2.75) is 6.61 Å². The lowest BCUT2D eigenvalue weighted by Gasteiger charge is -2.08. The van der Waals surface area contributed by atoms with E-state index in [1.165, 1.54) is 31.6 Å². The smallest absolute Gasteiger partial charge is 0.314 e. The first-order valence-corrected chi connectivity index (χ1v) is 5.87. The molecule has 0 unspecified atom stereocenters. The minimum Gasteiger partial charge on any atom is -0.496 e. The summed E-state index contributed by atoms with van der Waals surface area (Å²) in [5.41, 5.74) is 2.68. The van der Waals surface area contributed by atoms with Crippen molar-refractivity contribution in [2.75, 3.05) is 12.5 Å². The molecule has 1 heterocycles. The summed E-state index contributed by atoms with van der Waals surface area (Å²) in [7, 11) is 1.43. The summed E-state index contributed by atoms with van der Waals surface area (Å²) in [6.07, 6.45) is 2.89. The Bertz CT molecular complexity index is 632. The van der Waals surface area contributed by atoms with Crippen LogP contribution >= 0.6 is 0 Å². The van der Waals surface area contributed by atoms with E-state index in [0.29, 0.717) is 17.3 Å². The third kappa shape index (κ3) is 3.54. The molecular weight excluding hydrogens is 278 g/mol. The number of nitrogens with two attached hydrogens (primary N) is 1. The molecule has 1 aromatic heterocycles. The van der Waals surface area contributed by atoms with Crippen molar-refractivity contribution in [3.63, 3.8) is 0 Å². The Hall–Kier alpha value is -2.94. The van der Waals surface area contributed by atoms with Gasteiger partial charge in [0.1, 0.15) is 12.4 Å². The average molecular weight is 291 g/mol. The van der Waals surface area contributed by atoms with Gasteiger partial charge in [-0.1, -0.05) is 0 Å². The van der Waals surface area contributed by atoms with E-state index in [2.05, 4.69) is 15.4 Å². The number of nitrogens with zero attached hydrogens (tertiary/aromatic N) is 3. The van der Waals surface area contributed by atoms with Crippen LogP contribution in [0.1, 0.15) is 5.69 Å². The van der Waals surface area contributed by atoms with E-state index in [1.807, 2.05) is 0 Å². The molecule has 2 rings (SSSR count). The Balaban J connectivity index is 2.13. The fraction of sp³-hybridized carbons (Fsp3) is 0.167. The quantitative estimate of drug-likeness (QED) is 0.463. The normalized spacial score (nSPS) is 10.0. The van der Waals surface area contributed by atoms with Gasteiger partial charge in [-0.2, -0.15) is 0 Å². The van der Waals surface area contributed by atoms with Gasteiger partial charge in [0.25, 0.3) is 0 Å². The number of nitro benzene ring substituents is 1. The van der Waals surface area contributed by atoms with E-state index in [0.717, 1.165) is 0 Å². The third-order valence-corrected chi connectivity index (χ3v) is 2.59. The van der Waals surface area contributed by atoms with Crippen LogP contribution in [0.3, 0.4) is 0 Å². The minimum atomic E-state index is -0.537. The molecule has 3 N–H and O–H groups in total. The highest BCUT2D eigenvalue weighted by Crippen LogP contribution is 2.31. The number of nitrogen functional groups attached to an aromatic ring is 1. The van der Waals surface area contributed by atoms with Crippen LogP contribution in [0.25, 0.3) is 0 Å². The first-order chi connectivity index (χ1) is 10.1. The Morgan fingerprint density at radius 3 is 2.76 bits per heavy atom. The Kier molecular flexibility index (Phi) is 4.46. The maximum absolute atomic E-state index is 11.0. The second kappa shape index (κ2) is 6.48. The summed E-state index contributed by atoms with van der Waals surface area (Å²) in [6, 6.07) is 4.35. The number of nitro groups is 1. The largest absolute Gasteiger partial charge is 0.496 e. The standard InChI is InChI=1S/C12H13N5O4/c1-20-9-2-3-11(10(4-9)17(18)19)21-7-8-5-15-12(16-13)6-14-8/h2-6H,7,13H2,1H3,(H,15,16). The van der Waals surface area contributed by atoms with Gasteiger partial charge in [0.15, 0.2) is 11.6 Å². The summed E-state index contributed by atoms with van der Waals surface area (Å²) >= 11 is 0. The molecule has 0 aliphatic rings. The van der Waals surface area contributed by atoms with E-state index in [1.54, 1.807) is 6.07 Å². The number of methoxy groups -OCH3 is 1. The summed E-state index contributed by atoms with van der Waals surface area (Å²) < 4.78 is 10.4. The van der Waals surface area contributed by atoms with Crippen molar-refractivity contribution in [2.24, 2.45) is 5.84 Å². The molecule has 2 aromatic rings. The van der Waals surface area contributed by atoms with Crippen molar-refractivity contribution >= 4 is 11.5 Å². The molecule has 0 saturated heterocycles. The maximum Gasteiger partial charge on any atom is 0.314 e. The van der Waals surface area contributed by atoms with Crippen molar-refractivity contribution in [3.05, 3.63) is 46.4 Å². The highest BCUT2D eigenvalue weighted by molar-refractivity contribution is 5.50.